The Morgan fingerprint density at radius 1 is 1.31 bits per heavy atom. The topological polar surface area (TPSA) is 43.1 Å². The molecular weight excluding hydrogens is 204 g/mol. The third kappa shape index (κ3) is 1.06. The number of aromatic nitrogens is 4. The first-order valence-corrected chi connectivity index (χ1v) is 5.38. The molecule has 6 heteroatoms. The maximum atomic E-state index is 4.38. The molecule has 64 valence electrons. The normalized spacial score (nSPS) is 11.1. The zero-order valence-electron chi connectivity index (χ0n) is 6.41. The Balaban J connectivity index is 2.23. The summed E-state index contributed by atoms with van der Waals surface area (Å²) in [6, 6.07) is 0. The van der Waals surface area contributed by atoms with E-state index < -0.39 is 0 Å². The van der Waals surface area contributed by atoms with Crippen LogP contribution in [0.3, 0.4) is 0 Å². The number of imidazole rings is 1. The van der Waals surface area contributed by atoms with E-state index >= 15 is 0 Å². The lowest BCUT2D eigenvalue weighted by atomic mass is 10.5. The van der Waals surface area contributed by atoms with Crippen molar-refractivity contribution in [3.63, 3.8) is 0 Å². The molecule has 3 rings (SSSR count). The van der Waals surface area contributed by atoms with Crippen molar-refractivity contribution in [2.75, 3.05) is 0 Å². The van der Waals surface area contributed by atoms with Crippen LogP contribution in [0.5, 0.6) is 0 Å². The Bertz CT molecular complexity index is 493. The van der Waals surface area contributed by atoms with E-state index in [4.69, 9.17) is 0 Å². The molecule has 0 saturated carbocycles. The molecule has 3 heterocycles. The fourth-order valence-corrected chi connectivity index (χ4v) is 2.29. The van der Waals surface area contributed by atoms with E-state index in [0.29, 0.717) is 0 Å². The van der Waals surface area contributed by atoms with Gasteiger partial charge in [-0.25, -0.2) is 14.5 Å². The minimum atomic E-state index is 0.898. The zero-order chi connectivity index (χ0) is 8.67. The molecule has 0 aromatic carbocycles. The van der Waals surface area contributed by atoms with Crippen molar-refractivity contribution in [3.8, 4) is 10.7 Å². The van der Waals surface area contributed by atoms with E-state index in [1.165, 1.54) is 11.3 Å². The first-order valence-electron chi connectivity index (χ1n) is 3.62. The van der Waals surface area contributed by atoms with Crippen LogP contribution in [-0.4, -0.2) is 19.6 Å². The average molecular weight is 208 g/mol. The van der Waals surface area contributed by atoms with Crippen LogP contribution in [0.2, 0.25) is 0 Å². The van der Waals surface area contributed by atoms with Crippen molar-refractivity contribution in [2.24, 2.45) is 0 Å². The van der Waals surface area contributed by atoms with Crippen LogP contribution < -0.4 is 0 Å². The molecule has 0 bridgehead atoms. The fraction of sp³-hybridized carbons (Fsp3) is 0. The van der Waals surface area contributed by atoms with Gasteiger partial charge in [-0.3, -0.25) is 0 Å². The van der Waals surface area contributed by atoms with Crippen molar-refractivity contribution in [2.45, 2.75) is 0 Å². The van der Waals surface area contributed by atoms with Crippen molar-refractivity contribution in [1.82, 2.24) is 19.6 Å². The van der Waals surface area contributed by atoms with E-state index in [9.17, 15) is 0 Å². The van der Waals surface area contributed by atoms with Crippen molar-refractivity contribution in [3.05, 3.63) is 23.3 Å². The van der Waals surface area contributed by atoms with Crippen molar-refractivity contribution in [1.29, 1.82) is 0 Å². The minimum Gasteiger partial charge on any atom is -0.243 e. The highest BCUT2D eigenvalue weighted by Gasteiger charge is 2.06. The summed E-state index contributed by atoms with van der Waals surface area (Å²) < 4.78 is 1.77. The number of nitrogens with zero attached hydrogens (tertiary/aromatic N) is 4. The highest BCUT2D eigenvalue weighted by molar-refractivity contribution is 7.15. The summed E-state index contributed by atoms with van der Waals surface area (Å²) >= 11 is 3.11. The van der Waals surface area contributed by atoms with Crippen LogP contribution in [0.25, 0.3) is 15.7 Å². The quantitative estimate of drug-likeness (QED) is 0.613. The van der Waals surface area contributed by atoms with E-state index in [0.717, 1.165) is 15.7 Å². The van der Waals surface area contributed by atoms with Crippen molar-refractivity contribution >= 4 is 27.6 Å². The van der Waals surface area contributed by atoms with Gasteiger partial charge >= 0.3 is 0 Å². The molecule has 0 aliphatic rings. The Morgan fingerprint density at radius 2 is 2.31 bits per heavy atom. The summed E-state index contributed by atoms with van der Waals surface area (Å²) in [5, 5.41) is 6.98. The maximum Gasteiger partial charge on any atom is 0.212 e. The molecule has 0 unspecified atom stereocenters. The maximum absolute atomic E-state index is 4.38. The molecule has 0 aliphatic heterocycles. The van der Waals surface area contributed by atoms with Gasteiger partial charge in [0.25, 0.3) is 0 Å². The van der Waals surface area contributed by atoms with Gasteiger partial charge in [-0.05, 0) is 0 Å². The number of rotatable bonds is 1. The van der Waals surface area contributed by atoms with Gasteiger partial charge in [0.2, 0.25) is 4.96 Å². The van der Waals surface area contributed by atoms with Gasteiger partial charge < -0.3 is 0 Å². The van der Waals surface area contributed by atoms with Crippen LogP contribution >= 0.6 is 22.7 Å². The predicted octanol–water partition coefficient (Wildman–Crippen LogP) is 1.91. The number of thiazole rings is 1. The summed E-state index contributed by atoms with van der Waals surface area (Å²) in [5.74, 6) is 0. The predicted molar refractivity (Wildman–Crippen MR) is 52.0 cm³/mol. The lowest BCUT2D eigenvalue weighted by Gasteiger charge is -1.82. The van der Waals surface area contributed by atoms with Gasteiger partial charge in [0.1, 0.15) is 16.2 Å². The third-order valence-electron chi connectivity index (χ3n) is 1.64. The molecule has 0 amide bonds. The molecule has 0 radical (unpaired) electrons. The lowest BCUT2D eigenvalue weighted by Crippen LogP contribution is -1.76. The fourth-order valence-electron chi connectivity index (χ4n) is 1.09. The standard InChI is InChI=1S/C7H4N4S2/c1-2-12-6(8-1)5-3-11-7(10-5)13-4-9-11/h1-4H. The second-order valence-electron chi connectivity index (χ2n) is 2.43. The molecule has 13 heavy (non-hydrogen) atoms. The number of hydrogen-bond donors (Lipinski definition) is 0. The van der Waals surface area contributed by atoms with Gasteiger partial charge in [0, 0.05) is 11.6 Å². The Morgan fingerprint density at radius 3 is 3.08 bits per heavy atom. The van der Waals surface area contributed by atoms with E-state index in [-0.39, 0.29) is 0 Å². The van der Waals surface area contributed by atoms with Gasteiger partial charge in [-0.2, -0.15) is 5.10 Å². The average Bonchev–Trinajstić information content (AvgIpc) is 2.78. The largest absolute Gasteiger partial charge is 0.243 e. The SMILES string of the molecule is c1csc(-c2cn3ncsc3n2)n1. The van der Waals surface area contributed by atoms with Crippen molar-refractivity contribution < 1.29 is 0 Å². The molecule has 0 spiro atoms. The van der Waals surface area contributed by atoms with Crippen LogP contribution in [0.1, 0.15) is 0 Å². The summed E-state index contributed by atoms with van der Waals surface area (Å²) in [6.07, 6.45) is 3.67. The minimum absolute atomic E-state index is 0.898. The molecule has 3 aromatic rings. The second-order valence-corrected chi connectivity index (χ2v) is 4.14. The molecule has 0 atom stereocenters. The molecule has 0 N–H and O–H groups in total. The molecular formula is C7H4N4S2. The Kier molecular flexibility index (Phi) is 1.44. The number of hydrogen-bond acceptors (Lipinski definition) is 5. The molecule has 0 fully saturated rings. The van der Waals surface area contributed by atoms with E-state index in [1.807, 2.05) is 11.6 Å². The summed E-state index contributed by atoms with van der Waals surface area (Å²) in [6.45, 7) is 0. The highest BCUT2D eigenvalue weighted by Crippen LogP contribution is 2.21. The van der Waals surface area contributed by atoms with E-state index in [1.54, 1.807) is 27.6 Å². The third-order valence-corrected chi connectivity index (χ3v) is 3.12. The Hall–Kier alpha value is -1.27. The van der Waals surface area contributed by atoms with Gasteiger partial charge in [-0.1, -0.05) is 11.3 Å². The zero-order valence-corrected chi connectivity index (χ0v) is 8.05. The van der Waals surface area contributed by atoms with Crippen LogP contribution in [-0.2, 0) is 0 Å². The molecule has 3 aromatic heterocycles. The second kappa shape index (κ2) is 2.61. The first-order chi connectivity index (χ1) is 6.43. The number of fused-ring (bicyclic) bond motifs is 1. The molecule has 4 nitrogen and oxygen atoms in total. The Labute approximate surface area is 81.5 Å². The summed E-state index contributed by atoms with van der Waals surface area (Å²) in [7, 11) is 0. The lowest BCUT2D eigenvalue weighted by molar-refractivity contribution is 0.974. The van der Waals surface area contributed by atoms with E-state index in [2.05, 4.69) is 15.1 Å². The highest BCUT2D eigenvalue weighted by atomic mass is 32.1. The summed E-state index contributed by atoms with van der Waals surface area (Å²) in [5.41, 5.74) is 2.67. The van der Waals surface area contributed by atoms with Gasteiger partial charge in [0.05, 0.1) is 6.20 Å². The van der Waals surface area contributed by atoms with Gasteiger partial charge in [-0.15, -0.1) is 11.3 Å². The van der Waals surface area contributed by atoms with Gasteiger partial charge in [0.15, 0.2) is 0 Å². The summed E-state index contributed by atoms with van der Waals surface area (Å²) in [4.78, 5) is 9.47. The monoisotopic (exact) mass is 208 g/mol. The van der Waals surface area contributed by atoms with Crippen LogP contribution in [0, 0.1) is 0 Å². The first kappa shape index (κ1) is 7.16. The van der Waals surface area contributed by atoms with Crippen LogP contribution in [0.15, 0.2) is 23.3 Å². The molecule has 0 saturated heterocycles. The smallest absolute Gasteiger partial charge is 0.212 e. The van der Waals surface area contributed by atoms with Crippen LogP contribution in [0.4, 0.5) is 0 Å². The molecule has 0 aliphatic carbocycles.